The molecule has 0 aliphatic carbocycles. The van der Waals surface area contributed by atoms with E-state index in [0.29, 0.717) is 5.56 Å². The van der Waals surface area contributed by atoms with Gasteiger partial charge in [0.25, 0.3) is 5.91 Å². The molecule has 0 saturated heterocycles. The Morgan fingerprint density at radius 3 is 2.43 bits per heavy atom. The van der Waals surface area contributed by atoms with Gasteiger partial charge in [0.05, 0.1) is 24.7 Å². The van der Waals surface area contributed by atoms with E-state index in [0.717, 1.165) is 0 Å². The molecular weight excluding hydrogens is 274 g/mol. The van der Waals surface area contributed by atoms with Crippen LogP contribution in [0, 0.1) is 11.3 Å². The lowest BCUT2D eigenvalue weighted by Crippen LogP contribution is -2.45. The number of nitriles is 1. The number of carbonyl (C=O) groups is 3. The van der Waals surface area contributed by atoms with Crippen molar-refractivity contribution in [2.45, 2.75) is 19.4 Å². The summed E-state index contributed by atoms with van der Waals surface area (Å²) >= 11 is 0. The van der Waals surface area contributed by atoms with Crippen LogP contribution in [0.4, 0.5) is 0 Å². The second kappa shape index (κ2) is 7.65. The van der Waals surface area contributed by atoms with Crippen molar-refractivity contribution in [1.82, 2.24) is 5.32 Å². The summed E-state index contributed by atoms with van der Waals surface area (Å²) in [7, 11) is 0. The van der Waals surface area contributed by atoms with Gasteiger partial charge in [-0.1, -0.05) is 0 Å². The monoisotopic (exact) mass is 289 g/mol. The minimum atomic E-state index is -1.15. The van der Waals surface area contributed by atoms with Gasteiger partial charge in [-0.15, -0.1) is 0 Å². The largest absolute Gasteiger partial charge is 0.466 e. The van der Waals surface area contributed by atoms with Crippen molar-refractivity contribution in [3.8, 4) is 6.07 Å². The molecule has 1 atom stereocenters. The maximum absolute atomic E-state index is 11.9. The Morgan fingerprint density at radius 1 is 1.33 bits per heavy atom. The van der Waals surface area contributed by atoms with E-state index < -0.39 is 23.8 Å². The van der Waals surface area contributed by atoms with Crippen LogP contribution in [-0.2, 0) is 14.3 Å². The predicted molar refractivity (Wildman–Crippen MR) is 72.9 cm³/mol. The quantitative estimate of drug-likeness (QED) is 0.719. The fraction of sp³-hybridized carbons (Fsp3) is 0.286. The number of rotatable bonds is 6. The Morgan fingerprint density at radius 2 is 1.95 bits per heavy atom. The smallest absolute Gasteiger partial charge is 0.308 e. The van der Waals surface area contributed by atoms with E-state index >= 15 is 0 Å². The summed E-state index contributed by atoms with van der Waals surface area (Å²) in [6.07, 6.45) is -0.328. The summed E-state index contributed by atoms with van der Waals surface area (Å²) in [6.45, 7) is 1.81. The number of benzene rings is 1. The van der Waals surface area contributed by atoms with Crippen molar-refractivity contribution in [3.05, 3.63) is 35.4 Å². The average Bonchev–Trinajstić information content (AvgIpc) is 2.46. The maximum Gasteiger partial charge on any atom is 0.308 e. The molecule has 0 bridgehead atoms. The van der Waals surface area contributed by atoms with Gasteiger partial charge in [0.15, 0.2) is 0 Å². The van der Waals surface area contributed by atoms with Crippen molar-refractivity contribution < 1.29 is 19.1 Å². The van der Waals surface area contributed by atoms with Crippen molar-refractivity contribution >= 4 is 17.8 Å². The van der Waals surface area contributed by atoms with E-state index in [1.54, 1.807) is 6.92 Å². The second-order valence-corrected chi connectivity index (χ2v) is 4.13. The number of nitrogens with zero attached hydrogens (tertiary/aromatic N) is 1. The van der Waals surface area contributed by atoms with Gasteiger partial charge in [0, 0.05) is 5.56 Å². The zero-order chi connectivity index (χ0) is 15.8. The molecule has 0 saturated carbocycles. The fourth-order valence-electron chi connectivity index (χ4n) is 1.55. The third-order valence-electron chi connectivity index (χ3n) is 2.60. The van der Waals surface area contributed by atoms with Crippen molar-refractivity contribution in [2.24, 2.45) is 5.73 Å². The molecule has 1 aromatic rings. The zero-order valence-corrected chi connectivity index (χ0v) is 11.5. The fourth-order valence-corrected chi connectivity index (χ4v) is 1.55. The van der Waals surface area contributed by atoms with Gasteiger partial charge in [0.2, 0.25) is 5.91 Å². The van der Waals surface area contributed by atoms with E-state index in [1.165, 1.54) is 24.3 Å². The van der Waals surface area contributed by atoms with E-state index in [1.807, 2.05) is 6.07 Å². The first-order valence-electron chi connectivity index (χ1n) is 6.24. The van der Waals surface area contributed by atoms with Crippen LogP contribution < -0.4 is 11.1 Å². The lowest BCUT2D eigenvalue weighted by atomic mass is 10.1. The summed E-state index contributed by atoms with van der Waals surface area (Å²) in [5.74, 6) is -2.01. The molecule has 7 heteroatoms. The minimum Gasteiger partial charge on any atom is -0.466 e. The molecule has 0 heterocycles. The molecule has 0 aromatic heterocycles. The van der Waals surface area contributed by atoms with Crippen LogP contribution in [0.25, 0.3) is 0 Å². The van der Waals surface area contributed by atoms with Crippen molar-refractivity contribution in [3.63, 3.8) is 0 Å². The van der Waals surface area contributed by atoms with Crippen LogP contribution in [0.2, 0.25) is 0 Å². The number of esters is 1. The Hall–Kier alpha value is -2.88. The SMILES string of the molecule is CCOC(=O)C[C@@H](NC(=O)c1ccc(C#N)cc1)C(N)=O. The number of nitrogens with one attached hydrogen (secondary N) is 1. The first-order chi connectivity index (χ1) is 9.97. The van der Waals surface area contributed by atoms with E-state index in [2.05, 4.69) is 5.32 Å². The average molecular weight is 289 g/mol. The van der Waals surface area contributed by atoms with E-state index in [4.69, 9.17) is 15.7 Å². The van der Waals surface area contributed by atoms with Crippen LogP contribution in [0.5, 0.6) is 0 Å². The number of hydrogen-bond donors (Lipinski definition) is 2. The van der Waals surface area contributed by atoms with Crippen LogP contribution in [-0.4, -0.2) is 30.4 Å². The highest BCUT2D eigenvalue weighted by Crippen LogP contribution is 2.04. The van der Waals surface area contributed by atoms with Crippen LogP contribution in [0.15, 0.2) is 24.3 Å². The van der Waals surface area contributed by atoms with Gasteiger partial charge < -0.3 is 15.8 Å². The molecule has 110 valence electrons. The maximum atomic E-state index is 11.9. The molecule has 1 rings (SSSR count). The summed E-state index contributed by atoms with van der Waals surface area (Å²) in [4.78, 5) is 34.5. The highest BCUT2D eigenvalue weighted by molar-refractivity contribution is 5.98. The highest BCUT2D eigenvalue weighted by Gasteiger charge is 2.22. The summed E-state index contributed by atoms with van der Waals surface area (Å²) in [6, 6.07) is 6.60. The normalized spacial score (nSPS) is 11.0. The Balaban J connectivity index is 2.74. The standard InChI is InChI=1S/C14H15N3O4/c1-2-21-12(18)7-11(13(16)19)17-14(20)10-5-3-9(8-15)4-6-10/h3-6,11H,2,7H2,1H3,(H2,16,19)(H,17,20)/t11-/m1/s1. The first-order valence-corrected chi connectivity index (χ1v) is 6.24. The van der Waals surface area contributed by atoms with E-state index in [-0.39, 0.29) is 18.6 Å². The van der Waals surface area contributed by atoms with E-state index in [9.17, 15) is 14.4 Å². The molecule has 0 aliphatic rings. The molecule has 0 radical (unpaired) electrons. The Bertz CT molecular complexity index is 575. The molecule has 21 heavy (non-hydrogen) atoms. The summed E-state index contributed by atoms with van der Waals surface area (Å²) in [5.41, 5.74) is 5.81. The number of carbonyl (C=O) groups excluding carboxylic acids is 3. The van der Waals surface area contributed by atoms with Crippen molar-refractivity contribution in [1.29, 1.82) is 5.26 Å². The zero-order valence-electron chi connectivity index (χ0n) is 11.5. The van der Waals surface area contributed by atoms with Crippen LogP contribution >= 0.6 is 0 Å². The molecular formula is C14H15N3O4. The van der Waals surface area contributed by atoms with Crippen LogP contribution in [0.1, 0.15) is 29.3 Å². The number of ether oxygens (including phenoxy) is 1. The van der Waals surface area contributed by atoms with Gasteiger partial charge in [-0.3, -0.25) is 14.4 Å². The molecule has 0 fully saturated rings. The third-order valence-corrected chi connectivity index (χ3v) is 2.60. The van der Waals surface area contributed by atoms with Gasteiger partial charge in [-0.25, -0.2) is 0 Å². The molecule has 0 unspecified atom stereocenters. The predicted octanol–water partition coefficient (Wildman–Crippen LogP) is 0.0952. The molecule has 7 nitrogen and oxygen atoms in total. The van der Waals surface area contributed by atoms with Gasteiger partial charge in [-0.2, -0.15) is 5.26 Å². The number of primary amides is 1. The molecule has 0 aliphatic heterocycles. The minimum absolute atomic E-state index is 0.174. The van der Waals surface area contributed by atoms with Crippen molar-refractivity contribution in [2.75, 3.05) is 6.61 Å². The molecule has 3 N–H and O–H groups in total. The van der Waals surface area contributed by atoms with Gasteiger partial charge in [0.1, 0.15) is 6.04 Å². The Labute approximate surface area is 121 Å². The molecule has 0 spiro atoms. The highest BCUT2D eigenvalue weighted by atomic mass is 16.5. The lowest BCUT2D eigenvalue weighted by Gasteiger charge is -2.14. The lowest BCUT2D eigenvalue weighted by molar-refractivity contribution is -0.145. The van der Waals surface area contributed by atoms with Gasteiger partial charge >= 0.3 is 5.97 Å². The Kier molecular flexibility index (Phi) is 5.89. The summed E-state index contributed by atoms with van der Waals surface area (Å²) < 4.78 is 4.71. The number of amides is 2. The van der Waals surface area contributed by atoms with Crippen LogP contribution in [0.3, 0.4) is 0 Å². The topological polar surface area (TPSA) is 122 Å². The molecule has 1 aromatic carbocycles. The number of hydrogen-bond acceptors (Lipinski definition) is 5. The summed E-state index contributed by atoms with van der Waals surface area (Å²) in [5, 5.41) is 11.0. The third kappa shape index (κ3) is 4.95. The second-order valence-electron chi connectivity index (χ2n) is 4.13. The first kappa shape index (κ1) is 16.2. The van der Waals surface area contributed by atoms with Gasteiger partial charge in [-0.05, 0) is 31.2 Å². The molecule has 2 amide bonds. The number of nitrogens with two attached hydrogens (primary N) is 1.